The number of hydrogen-bond acceptors (Lipinski definition) is 7. The predicted octanol–water partition coefficient (Wildman–Crippen LogP) is 5.03. The number of benzene rings is 1. The highest BCUT2D eigenvalue weighted by Crippen LogP contribution is 2.26. The van der Waals surface area contributed by atoms with Crippen molar-refractivity contribution in [1.82, 2.24) is 24.7 Å². The number of carbonyl (C=O) groups is 1. The summed E-state index contributed by atoms with van der Waals surface area (Å²) in [5.74, 6) is 1.38. The number of halogens is 2. The van der Waals surface area contributed by atoms with Gasteiger partial charge in [0.25, 0.3) is 0 Å². The van der Waals surface area contributed by atoms with E-state index in [1.165, 1.54) is 23.5 Å². The molecule has 0 unspecified atom stereocenters. The fraction of sp³-hybridized carbons (Fsp3) is 0.316. The van der Waals surface area contributed by atoms with Gasteiger partial charge in [0.1, 0.15) is 5.82 Å². The molecule has 1 aromatic carbocycles. The fourth-order valence-corrected chi connectivity index (χ4v) is 4.69. The highest BCUT2D eigenvalue weighted by molar-refractivity contribution is 7.99. The second-order valence-electron chi connectivity index (χ2n) is 6.33. The molecule has 158 valence electrons. The first-order valence-electron chi connectivity index (χ1n) is 9.10. The zero-order valence-corrected chi connectivity index (χ0v) is 19.8. The first-order valence-corrected chi connectivity index (χ1v) is 11.8. The van der Waals surface area contributed by atoms with Crippen LogP contribution in [-0.4, -0.2) is 36.4 Å². The lowest BCUT2D eigenvalue weighted by Gasteiger charge is -2.09. The minimum atomic E-state index is -0.200. The van der Waals surface area contributed by atoms with E-state index < -0.39 is 0 Å². The molecule has 0 spiro atoms. The standard InChI is InChI=1S/C19H20Cl2N6OS2/c1-4-27-16(9-29-18-22-11(2)7-12(3)23-18)25-26-19(27)30-10-17(28)24-15-8-13(20)5-6-14(15)21/h5-8H,4,9-10H2,1-3H3,(H,24,28). The zero-order valence-electron chi connectivity index (χ0n) is 16.6. The van der Waals surface area contributed by atoms with Gasteiger partial charge in [-0.15, -0.1) is 10.2 Å². The lowest BCUT2D eigenvalue weighted by molar-refractivity contribution is -0.113. The maximum Gasteiger partial charge on any atom is 0.234 e. The SMILES string of the molecule is CCn1c(CSc2nc(C)cc(C)n2)nnc1SCC(=O)Nc1cc(Cl)ccc1Cl. The van der Waals surface area contributed by atoms with Gasteiger partial charge in [-0.05, 0) is 45.0 Å². The molecule has 0 fully saturated rings. The molecule has 0 radical (unpaired) electrons. The monoisotopic (exact) mass is 482 g/mol. The Morgan fingerprint density at radius 2 is 1.83 bits per heavy atom. The van der Waals surface area contributed by atoms with Gasteiger partial charge >= 0.3 is 0 Å². The molecular formula is C19H20Cl2N6OS2. The average molecular weight is 483 g/mol. The molecule has 7 nitrogen and oxygen atoms in total. The van der Waals surface area contributed by atoms with E-state index in [2.05, 4.69) is 25.5 Å². The number of nitrogens with one attached hydrogen (secondary N) is 1. The smallest absolute Gasteiger partial charge is 0.234 e. The van der Waals surface area contributed by atoms with Crippen LogP contribution in [0.4, 0.5) is 5.69 Å². The van der Waals surface area contributed by atoms with E-state index >= 15 is 0 Å². The number of carbonyl (C=O) groups excluding carboxylic acids is 1. The lowest BCUT2D eigenvalue weighted by Crippen LogP contribution is -2.15. The van der Waals surface area contributed by atoms with Crippen LogP contribution in [0.1, 0.15) is 24.1 Å². The highest BCUT2D eigenvalue weighted by atomic mass is 35.5. The van der Waals surface area contributed by atoms with Crippen molar-refractivity contribution in [2.75, 3.05) is 11.1 Å². The van der Waals surface area contributed by atoms with Crippen molar-refractivity contribution in [1.29, 1.82) is 0 Å². The minimum Gasteiger partial charge on any atom is -0.324 e. The van der Waals surface area contributed by atoms with Crippen molar-refractivity contribution in [3.63, 3.8) is 0 Å². The van der Waals surface area contributed by atoms with E-state index in [0.29, 0.717) is 38.3 Å². The predicted molar refractivity (Wildman–Crippen MR) is 123 cm³/mol. The van der Waals surface area contributed by atoms with Gasteiger partial charge in [0.2, 0.25) is 5.91 Å². The summed E-state index contributed by atoms with van der Waals surface area (Å²) in [5, 5.41) is 13.6. The van der Waals surface area contributed by atoms with Gasteiger partial charge < -0.3 is 9.88 Å². The Labute approximate surface area is 193 Å². The molecule has 0 aliphatic heterocycles. The second-order valence-corrected chi connectivity index (χ2v) is 9.05. The van der Waals surface area contributed by atoms with Crippen LogP contribution in [0.3, 0.4) is 0 Å². The van der Waals surface area contributed by atoms with Crippen molar-refractivity contribution >= 4 is 58.3 Å². The Morgan fingerprint density at radius 3 is 2.53 bits per heavy atom. The molecule has 3 rings (SSSR count). The summed E-state index contributed by atoms with van der Waals surface area (Å²) < 4.78 is 1.99. The lowest BCUT2D eigenvalue weighted by atomic mass is 10.3. The van der Waals surface area contributed by atoms with Gasteiger partial charge in [0.15, 0.2) is 10.3 Å². The van der Waals surface area contributed by atoms with Crippen molar-refractivity contribution in [3.8, 4) is 0 Å². The Morgan fingerprint density at radius 1 is 1.10 bits per heavy atom. The normalized spacial score (nSPS) is 11.0. The molecule has 1 amide bonds. The Balaban J connectivity index is 1.61. The Kier molecular flexibility index (Phi) is 7.99. The number of hydrogen-bond donors (Lipinski definition) is 1. The number of aromatic nitrogens is 5. The third-order valence-corrected chi connectivity index (χ3v) is 6.31. The van der Waals surface area contributed by atoms with E-state index in [9.17, 15) is 4.79 Å². The van der Waals surface area contributed by atoms with Crippen molar-refractivity contribution < 1.29 is 4.79 Å². The maximum atomic E-state index is 12.3. The molecule has 0 saturated carbocycles. The molecule has 0 saturated heterocycles. The van der Waals surface area contributed by atoms with Crippen molar-refractivity contribution in [3.05, 3.63) is 51.5 Å². The van der Waals surface area contributed by atoms with Crippen LogP contribution in [0, 0.1) is 13.8 Å². The van der Waals surface area contributed by atoms with E-state index in [1.54, 1.807) is 18.2 Å². The summed E-state index contributed by atoms with van der Waals surface area (Å²) in [4.78, 5) is 21.2. The summed E-state index contributed by atoms with van der Waals surface area (Å²) in [6.07, 6.45) is 0. The molecule has 1 N–H and O–H groups in total. The first kappa shape index (κ1) is 22.9. The Hall–Kier alpha value is -1.81. The van der Waals surface area contributed by atoms with Crippen molar-refractivity contribution in [2.45, 2.75) is 43.4 Å². The van der Waals surface area contributed by atoms with E-state index in [4.69, 9.17) is 23.2 Å². The van der Waals surface area contributed by atoms with Gasteiger partial charge in [0.05, 0.1) is 22.2 Å². The Bertz CT molecular complexity index is 1040. The minimum absolute atomic E-state index is 0.175. The van der Waals surface area contributed by atoms with Gasteiger partial charge in [-0.2, -0.15) is 0 Å². The molecule has 0 atom stereocenters. The third kappa shape index (κ3) is 6.10. The maximum absolute atomic E-state index is 12.3. The van der Waals surface area contributed by atoms with Crippen LogP contribution in [0.5, 0.6) is 0 Å². The van der Waals surface area contributed by atoms with E-state index in [-0.39, 0.29) is 11.7 Å². The summed E-state index contributed by atoms with van der Waals surface area (Å²) >= 11 is 14.9. The van der Waals surface area contributed by atoms with Crippen LogP contribution >= 0.6 is 46.7 Å². The molecule has 0 bridgehead atoms. The van der Waals surface area contributed by atoms with Gasteiger partial charge in [-0.1, -0.05) is 46.7 Å². The molecule has 2 heterocycles. The first-order chi connectivity index (χ1) is 14.4. The number of amides is 1. The molecule has 30 heavy (non-hydrogen) atoms. The summed E-state index contributed by atoms with van der Waals surface area (Å²) in [6, 6.07) is 6.87. The molecular weight excluding hydrogens is 463 g/mol. The van der Waals surface area contributed by atoms with Gasteiger partial charge in [0, 0.05) is 23.0 Å². The number of anilines is 1. The topological polar surface area (TPSA) is 85.6 Å². The molecule has 0 aliphatic rings. The van der Waals surface area contributed by atoms with Crippen LogP contribution < -0.4 is 5.32 Å². The summed E-state index contributed by atoms with van der Waals surface area (Å²) in [5.41, 5.74) is 2.35. The number of rotatable bonds is 8. The van der Waals surface area contributed by atoms with Crippen LogP contribution in [0.15, 0.2) is 34.6 Å². The van der Waals surface area contributed by atoms with Crippen LogP contribution in [0.2, 0.25) is 10.0 Å². The third-order valence-electron chi connectivity index (χ3n) is 3.94. The molecule has 2 aromatic heterocycles. The number of thioether (sulfide) groups is 2. The van der Waals surface area contributed by atoms with Crippen LogP contribution in [0.25, 0.3) is 0 Å². The quantitative estimate of drug-likeness (QED) is 0.355. The average Bonchev–Trinajstić information content (AvgIpc) is 3.08. The summed E-state index contributed by atoms with van der Waals surface area (Å²) in [7, 11) is 0. The van der Waals surface area contributed by atoms with Crippen LogP contribution in [-0.2, 0) is 17.1 Å². The molecule has 11 heteroatoms. The number of nitrogens with zero attached hydrogens (tertiary/aromatic N) is 5. The van der Waals surface area contributed by atoms with Crippen molar-refractivity contribution in [2.24, 2.45) is 0 Å². The fourth-order valence-electron chi connectivity index (χ4n) is 2.65. The number of aryl methyl sites for hydroxylation is 2. The molecule has 3 aromatic rings. The molecule has 0 aliphatic carbocycles. The largest absolute Gasteiger partial charge is 0.324 e. The van der Waals surface area contributed by atoms with E-state index in [0.717, 1.165) is 17.2 Å². The van der Waals surface area contributed by atoms with E-state index in [1.807, 2.05) is 31.4 Å². The van der Waals surface area contributed by atoms with Gasteiger partial charge in [-0.3, -0.25) is 4.79 Å². The second kappa shape index (κ2) is 10.5. The summed E-state index contributed by atoms with van der Waals surface area (Å²) in [6.45, 7) is 6.61. The van der Waals surface area contributed by atoms with Gasteiger partial charge in [-0.25, -0.2) is 9.97 Å². The zero-order chi connectivity index (χ0) is 21.7. The highest BCUT2D eigenvalue weighted by Gasteiger charge is 2.15.